The lowest BCUT2D eigenvalue weighted by Gasteiger charge is -2.41. The van der Waals surface area contributed by atoms with Crippen molar-refractivity contribution in [1.82, 2.24) is 14.8 Å². The highest BCUT2D eigenvalue weighted by Crippen LogP contribution is 2.28. The van der Waals surface area contributed by atoms with Crippen molar-refractivity contribution in [1.29, 1.82) is 0 Å². The molecule has 1 amide bonds. The van der Waals surface area contributed by atoms with Crippen molar-refractivity contribution < 1.29 is 9.53 Å². The van der Waals surface area contributed by atoms with Gasteiger partial charge in [-0.1, -0.05) is 24.3 Å². The van der Waals surface area contributed by atoms with Crippen LogP contribution in [0.15, 0.2) is 48.5 Å². The third kappa shape index (κ3) is 3.88. The molecule has 0 saturated carbocycles. The van der Waals surface area contributed by atoms with E-state index in [9.17, 15) is 4.79 Å². The van der Waals surface area contributed by atoms with Crippen molar-refractivity contribution in [2.24, 2.45) is 0 Å². The fourth-order valence-electron chi connectivity index (χ4n) is 5.02. The molecule has 0 aliphatic carbocycles. The third-order valence-electron chi connectivity index (χ3n) is 6.69. The van der Waals surface area contributed by atoms with Crippen LogP contribution in [-0.4, -0.2) is 66.6 Å². The second-order valence-corrected chi connectivity index (χ2v) is 8.67. The highest BCUT2D eigenvalue weighted by atomic mass is 16.5. The Morgan fingerprint density at radius 2 is 2.00 bits per heavy atom. The number of aromatic nitrogens is 1. The second-order valence-electron chi connectivity index (χ2n) is 8.67. The van der Waals surface area contributed by atoms with E-state index in [-0.39, 0.29) is 5.91 Å². The molecule has 1 N–H and O–H groups in total. The number of hydrogen-bond donors (Lipinski definition) is 1. The molecule has 0 radical (unpaired) electrons. The molecule has 6 heteroatoms. The molecule has 31 heavy (non-hydrogen) atoms. The minimum atomic E-state index is 0.234. The lowest BCUT2D eigenvalue weighted by Crippen LogP contribution is -2.54. The summed E-state index contributed by atoms with van der Waals surface area (Å²) in [5.74, 6) is 1.11. The summed E-state index contributed by atoms with van der Waals surface area (Å²) in [5, 5.41) is 1.25. The minimum absolute atomic E-state index is 0.234. The summed E-state index contributed by atoms with van der Waals surface area (Å²) in [6.45, 7) is 6.90. The molecule has 1 saturated heterocycles. The molecule has 1 fully saturated rings. The number of aromatic amines is 1. The van der Waals surface area contributed by atoms with E-state index in [1.54, 1.807) is 7.11 Å². The minimum Gasteiger partial charge on any atom is -0.497 e. The molecule has 162 valence electrons. The number of piperazine rings is 1. The van der Waals surface area contributed by atoms with Gasteiger partial charge in [0.25, 0.3) is 0 Å². The number of H-pyrrole nitrogens is 1. The van der Waals surface area contributed by atoms with Gasteiger partial charge in [-0.3, -0.25) is 9.69 Å². The maximum absolute atomic E-state index is 13.1. The largest absolute Gasteiger partial charge is 0.497 e. The molecule has 2 aliphatic heterocycles. The molecule has 1 atom stereocenters. The lowest BCUT2D eigenvalue weighted by atomic mass is 10.0. The summed E-state index contributed by atoms with van der Waals surface area (Å²) < 4.78 is 5.38. The fourth-order valence-corrected chi connectivity index (χ4v) is 5.02. The normalized spacial score (nSPS) is 19.5. The summed E-state index contributed by atoms with van der Waals surface area (Å²) in [7, 11) is 1.70. The highest BCUT2D eigenvalue weighted by Gasteiger charge is 2.29. The van der Waals surface area contributed by atoms with Gasteiger partial charge in [-0.05, 0) is 25.1 Å². The van der Waals surface area contributed by atoms with Crippen LogP contribution in [0.4, 0.5) is 5.69 Å². The molecule has 3 aromatic rings. The SMILES string of the molecule is COc1cccc(N2CCN(CC(=O)N3CCc4[nH]c5ccccc5c4C3)C[C@H]2C)c1. The number of ether oxygens (including phenoxy) is 1. The van der Waals surface area contributed by atoms with E-state index >= 15 is 0 Å². The number of fused-ring (bicyclic) bond motifs is 3. The number of hydrogen-bond acceptors (Lipinski definition) is 4. The van der Waals surface area contributed by atoms with Crippen LogP contribution < -0.4 is 9.64 Å². The zero-order chi connectivity index (χ0) is 21.4. The van der Waals surface area contributed by atoms with Gasteiger partial charge in [0.15, 0.2) is 0 Å². The molecule has 6 nitrogen and oxygen atoms in total. The summed E-state index contributed by atoms with van der Waals surface area (Å²) in [6.07, 6.45) is 0.899. The number of para-hydroxylation sites is 1. The number of carbonyl (C=O) groups is 1. The first kappa shape index (κ1) is 19.9. The Hall–Kier alpha value is -2.99. The molecule has 0 bridgehead atoms. The van der Waals surface area contributed by atoms with E-state index in [1.165, 1.54) is 27.8 Å². The van der Waals surface area contributed by atoms with Gasteiger partial charge in [0.1, 0.15) is 5.75 Å². The van der Waals surface area contributed by atoms with E-state index in [4.69, 9.17) is 4.74 Å². The molecular weight excluding hydrogens is 388 g/mol. The molecule has 3 heterocycles. The Morgan fingerprint density at radius 3 is 2.84 bits per heavy atom. The molecule has 0 unspecified atom stereocenters. The van der Waals surface area contributed by atoms with E-state index in [1.807, 2.05) is 17.0 Å². The van der Waals surface area contributed by atoms with Crippen molar-refractivity contribution in [3.8, 4) is 5.75 Å². The van der Waals surface area contributed by atoms with Crippen LogP contribution in [-0.2, 0) is 17.8 Å². The van der Waals surface area contributed by atoms with Gasteiger partial charge in [0.05, 0.1) is 13.7 Å². The summed E-state index contributed by atoms with van der Waals surface area (Å²) >= 11 is 0. The number of nitrogens with one attached hydrogen (secondary N) is 1. The van der Waals surface area contributed by atoms with Crippen LogP contribution in [0, 0.1) is 0 Å². The average molecular weight is 419 g/mol. The van der Waals surface area contributed by atoms with Crippen molar-refractivity contribution in [3.63, 3.8) is 0 Å². The van der Waals surface area contributed by atoms with Gasteiger partial charge >= 0.3 is 0 Å². The predicted octanol–water partition coefficient (Wildman–Crippen LogP) is 3.27. The molecular formula is C25H30N4O2. The van der Waals surface area contributed by atoms with Gasteiger partial charge in [0, 0.05) is 79.1 Å². The first-order valence-electron chi connectivity index (χ1n) is 11.1. The number of methoxy groups -OCH3 is 1. The standard InChI is InChI=1S/C25H30N4O2/c1-18-15-27(12-13-29(18)19-6-5-7-20(14-19)31-2)17-25(30)28-11-10-24-22(16-28)21-8-3-4-9-23(21)26-24/h3-9,14,18,26H,10-13,15-17H2,1-2H3/t18-/m1/s1. The van der Waals surface area contributed by atoms with E-state index in [2.05, 4.69) is 58.1 Å². The zero-order valence-electron chi connectivity index (χ0n) is 18.3. The average Bonchev–Trinajstić information content (AvgIpc) is 3.17. The summed E-state index contributed by atoms with van der Waals surface area (Å²) in [4.78, 5) is 23.4. The topological polar surface area (TPSA) is 51.8 Å². The van der Waals surface area contributed by atoms with Gasteiger partial charge < -0.3 is 19.5 Å². The van der Waals surface area contributed by atoms with Crippen LogP contribution in [0.3, 0.4) is 0 Å². The molecule has 1 aromatic heterocycles. The quantitative estimate of drug-likeness (QED) is 0.707. The highest BCUT2D eigenvalue weighted by molar-refractivity contribution is 5.86. The number of benzene rings is 2. The zero-order valence-corrected chi connectivity index (χ0v) is 18.3. The second kappa shape index (κ2) is 8.27. The van der Waals surface area contributed by atoms with Crippen LogP contribution in [0.1, 0.15) is 18.2 Å². The van der Waals surface area contributed by atoms with Crippen molar-refractivity contribution >= 4 is 22.5 Å². The first-order chi connectivity index (χ1) is 15.1. The summed E-state index contributed by atoms with van der Waals surface area (Å²) in [5.41, 5.74) is 4.92. The van der Waals surface area contributed by atoms with Crippen LogP contribution >= 0.6 is 0 Å². The molecule has 2 aromatic carbocycles. The van der Waals surface area contributed by atoms with Gasteiger partial charge in [-0.2, -0.15) is 0 Å². The number of amides is 1. The van der Waals surface area contributed by atoms with Crippen LogP contribution in [0.2, 0.25) is 0 Å². The lowest BCUT2D eigenvalue weighted by molar-refractivity contribution is -0.133. The summed E-state index contributed by atoms with van der Waals surface area (Å²) in [6, 6.07) is 17.0. The number of anilines is 1. The fraction of sp³-hybridized carbons (Fsp3) is 0.400. The van der Waals surface area contributed by atoms with Crippen molar-refractivity contribution in [2.75, 3.05) is 44.7 Å². The number of nitrogens with zero attached hydrogens (tertiary/aromatic N) is 3. The Labute approximate surface area is 183 Å². The van der Waals surface area contributed by atoms with E-state index in [0.29, 0.717) is 19.1 Å². The van der Waals surface area contributed by atoms with Crippen molar-refractivity contribution in [2.45, 2.75) is 25.9 Å². The third-order valence-corrected chi connectivity index (χ3v) is 6.69. The first-order valence-corrected chi connectivity index (χ1v) is 11.1. The smallest absolute Gasteiger partial charge is 0.237 e. The van der Waals surface area contributed by atoms with Crippen LogP contribution in [0.5, 0.6) is 5.75 Å². The molecule has 5 rings (SSSR count). The number of carbonyl (C=O) groups excluding carboxylic acids is 1. The van der Waals surface area contributed by atoms with E-state index < -0.39 is 0 Å². The Kier molecular flexibility index (Phi) is 5.32. The Balaban J connectivity index is 1.22. The molecule has 0 spiro atoms. The van der Waals surface area contributed by atoms with Gasteiger partial charge in [-0.25, -0.2) is 0 Å². The predicted molar refractivity (Wildman–Crippen MR) is 124 cm³/mol. The van der Waals surface area contributed by atoms with Crippen LogP contribution in [0.25, 0.3) is 10.9 Å². The van der Waals surface area contributed by atoms with Gasteiger partial charge in [0.2, 0.25) is 5.91 Å². The van der Waals surface area contributed by atoms with Gasteiger partial charge in [-0.15, -0.1) is 0 Å². The number of rotatable bonds is 4. The Bertz CT molecular complexity index is 1090. The van der Waals surface area contributed by atoms with E-state index in [0.717, 1.165) is 38.3 Å². The molecule has 2 aliphatic rings. The maximum Gasteiger partial charge on any atom is 0.237 e. The van der Waals surface area contributed by atoms with Crippen molar-refractivity contribution in [3.05, 3.63) is 59.8 Å². The monoisotopic (exact) mass is 418 g/mol. The Morgan fingerprint density at radius 1 is 1.13 bits per heavy atom. The maximum atomic E-state index is 13.1.